The summed E-state index contributed by atoms with van der Waals surface area (Å²) in [5.74, 6) is -0.362. The SMILES string of the molecule is C[C@H](Cn1cnc2c(N)ncnc21)OCP(=O)(N[C@@H](C)C(=O)OCCCOC(=O)[C@H](C)NP(=O)(CO[C@H](C)Cn1cnc2c(N)ncnc21)Oc1ccccc1)Oc1ccccc1. The molecule has 6 atom stereocenters. The second kappa shape index (κ2) is 21.4. The normalized spacial score (nSPS) is 15.4. The van der Waals surface area contributed by atoms with Crippen molar-refractivity contribution < 1.29 is 46.7 Å². The summed E-state index contributed by atoms with van der Waals surface area (Å²) >= 11 is 0. The van der Waals surface area contributed by atoms with Crippen LogP contribution in [0.1, 0.15) is 34.1 Å². The standard InChI is InChI=1S/C39H50N12O10P2/c1-26(18-50-22-46-32-34(40)42-20-44-36(32)50)58-24-62(54,60-30-12-7-5-8-13-30)48-28(3)38(52)56-16-11-17-57-39(53)29(4)49-63(55,61-31-14-9-6-10-15-31)25-59-27(2)19-51-23-47-33-35(41)43-21-45-37(33)51/h5-10,12-15,20-23,26-29H,11,16-19,24-25H2,1-4H3,(H,48,54)(H,49,55)(H2,40,42,44)(H2,41,43,45)/t26-,27-,28+,29+,62?,63?/m1/s1. The average molecular weight is 909 g/mol. The number of nitrogen functional groups attached to an aromatic ring is 2. The molecule has 4 aromatic heterocycles. The van der Waals surface area contributed by atoms with E-state index in [2.05, 4.69) is 40.1 Å². The van der Waals surface area contributed by atoms with Gasteiger partial charge < -0.3 is 48.6 Å². The molecule has 2 unspecified atom stereocenters. The van der Waals surface area contributed by atoms with Crippen LogP contribution in [0.15, 0.2) is 86.0 Å². The largest absolute Gasteiger partial charge is 0.464 e. The first kappa shape index (κ1) is 46.5. The van der Waals surface area contributed by atoms with Crippen molar-refractivity contribution in [2.75, 3.05) is 37.4 Å². The first-order valence-corrected chi connectivity index (χ1v) is 23.4. The Labute approximate surface area is 362 Å². The lowest BCUT2D eigenvalue weighted by Gasteiger charge is -2.25. The van der Waals surface area contributed by atoms with E-state index < -0.39 is 64.0 Å². The van der Waals surface area contributed by atoms with E-state index in [4.69, 9.17) is 39.5 Å². The van der Waals surface area contributed by atoms with Crippen LogP contribution in [0.5, 0.6) is 11.5 Å². The maximum Gasteiger partial charge on any atom is 0.342 e. The molecule has 0 aliphatic carbocycles. The van der Waals surface area contributed by atoms with Crippen LogP contribution in [0.4, 0.5) is 11.6 Å². The molecule has 0 saturated carbocycles. The lowest BCUT2D eigenvalue weighted by Crippen LogP contribution is -2.37. The summed E-state index contributed by atoms with van der Waals surface area (Å²) in [6.45, 7) is 6.84. The number of carbonyl (C=O) groups excluding carboxylic acids is 2. The van der Waals surface area contributed by atoms with Crippen LogP contribution in [0.3, 0.4) is 0 Å². The molecule has 0 aliphatic rings. The molecule has 0 fully saturated rings. The Bertz CT molecular complexity index is 2380. The number of nitrogens with one attached hydrogen (secondary N) is 2. The second-order valence-electron chi connectivity index (χ2n) is 14.4. The fourth-order valence-electron chi connectivity index (χ4n) is 6.01. The van der Waals surface area contributed by atoms with Gasteiger partial charge in [-0.3, -0.25) is 18.7 Å². The van der Waals surface area contributed by atoms with Gasteiger partial charge in [-0.15, -0.1) is 0 Å². The number of esters is 2. The number of carbonyl (C=O) groups is 2. The number of anilines is 2. The molecule has 6 N–H and O–H groups in total. The van der Waals surface area contributed by atoms with Gasteiger partial charge in [0.15, 0.2) is 22.9 Å². The number of rotatable bonds is 24. The summed E-state index contributed by atoms with van der Waals surface area (Å²) in [5.41, 5.74) is 13.7. The molecule has 0 spiro atoms. The van der Waals surface area contributed by atoms with E-state index in [-0.39, 0.29) is 31.3 Å². The Kier molecular flexibility index (Phi) is 15.8. The van der Waals surface area contributed by atoms with E-state index in [9.17, 15) is 18.7 Å². The van der Waals surface area contributed by atoms with Gasteiger partial charge in [0.1, 0.15) is 60.0 Å². The van der Waals surface area contributed by atoms with E-state index in [0.29, 0.717) is 46.9 Å². The lowest BCUT2D eigenvalue weighted by atomic mass is 10.3. The van der Waals surface area contributed by atoms with E-state index in [1.54, 1.807) is 96.3 Å². The molecule has 6 aromatic rings. The predicted molar refractivity (Wildman–Crippen MR) is 231 cm³/mol. The Morgan fingerprint density at radius 2 is 1.02 bits per heavy atom. The molecule has 4 heterocycles. The highest BCUT2D eigenvalue weighted by Crippen LogP contribution is 2.45. The van der Waals surface area contributed by atoms with Crippen LogP contribution < -0.4 is 30.7 Å². The Hall–Kier alpha value is -6.02. The van der Waals surface area contributed by atoms with Crippen molar-refractivity contribution >= 4 is 60.9 Å². The number of aromatic nitrogens is 8. The van der Waals surface area contributed by atoms with Crippen LogP contribution in [0.25, 0.3) is 22.3 Å². The molecular formula is C39H50N12O10P2. The van der Waals surface area contributed by atoms with E-state index in [1.165, 1.54) is 26.5 Å². The van der Waals surface area contributed by atoms with Crippen molar-refractivity contribution in [1.82, 2.24) is 49.2 Å². The molecule has 24 heteroatoms. The molecule has 0 amide bonds. The van der Waals surface area contributed by atoms with Crippen LogP contribution in [-0.4, -0.2) is 101 Å². The summed E-state index contributed by atoms with van der Waals surface area (Å²) in [7, 11) is -7.74. The fourth-order valence-corrected chi connectivity index (χ4v) is 9.58. The van der Waals surface area contributed by atoms with Gasteiger partial charge in [0.25, 0.3) is 0 Å². The van der Waals surface area contributed by atoms with E-state index in [1.807, 2.05) is 0 Å². The Morgan fingerprint density at radius 3 is 1.41 bits per heavy atom. The highest BCUT2D eigenvalue weighted by atomic mass is 31.2. The minimum atomic E-state index is -3.87. The Morgan fingerprint density at radius 1 is 0.619 bits per heavy atom. The number of fused-ring (bicyclic) bond motifs is 2. The molecular weight excluding hydrogens is 858 g/mol. The van der Waals surface area contributed by atoms with Crippen LogP contribution in [-0.2, 0) is 50.8 Å². The zero-order chi connectivity index (χ0) is 45.0. The highest BCUT2D eigenvalue weighted by molar-refractivity contribution is 7.57. The van der Waals surface area contributed by atoms with Gasteiger partial charge in [0.2, 0.25) is 0 Å². The Balaban J connectivity index is 0.964. The molecule has 6 rings (SSSR count). The number of imidazole rings is 2. The van der Waals surface area contributed by atoms with Crippen molar-refractivity contribution in [3.63, 3.8) is 0 Å². The molecule has 63 heavy (non-hydrogen) atoms. The molecule has 2 aromatic carbocycles. The van der Waals surface area contributed by atoms with E-state index >= 15 is 0 Å². The van der Waals surface area contributed by atoms with Crippen LogP contribution in [0, 0.1) is 0 Å². The fraction of sp³-hybridized carbons (Fsp3) is 0.385. The second-order valence-corrected chi connectivity index (χ2v) is 18.5. The summed E-state index contributed by atoms with van der Waals surface area (Å²) in [6, 6.07) is 14.8. The van der Waals surface area contributed by atoms with Gasteiger partial charge in [0, 0.05) is 6.42 Å². The molecule has 0 bridgehead atoms. The number of nitrogens with two attached hydrogens (primary N) is 2. The molecule has 0 saturated heterocycles. The number of ether oxygens (including phenoxy) is 4. The zero-order valence-electron chi connectivity index (χ0n) is 35.1. The third kappa shape index (κ3) is 13.0. The van der Waals surface area contributed by atoms with Crippen LogP contribution in [0.2, 0.25) is 0 Å². The molecule has 0 radical (unpaired) electrons. The van der Waals surface area contributed by atoms with Crippen molar-refractivity contribution in [2.45, 2.75) is 71.5 Å². The van der Waals surface area contributed by atoms with Crippen molar-refractivity contribution in [2.24, 2.45) is 0 Å². The van der Waals surface area contributed by atoms with Gasteiger partial charge in [0.05, 0.1) is 51.2 Å². The maximum absolute atomic E-state index is 14.1. The summed E-state index contributed by atoms with van der Waals surface area (Å²) in [4.78, 5) is 51.0. The minimum absolute atomic E-state index is 0.129. The molecule has 0 aliphatic heterocycles. The van der Waals surface area contributed by atoms with E-state index in [0.717, 1.165) is 0 Å². The highest BCUT2D eigenvalue weighted by Gasteiger charge is 2.33. The zero-order valence-corrected chi connectivity index (χ0v) is 36.8. The number of hydrogen-bond donors (Lipinski definition) is 4. The minimum Gasteiger partial charge on any atom is -0.464 e. The number of hydrogen-bond acceptors (Lipinski definition) is 18. The summed E-state index contributed by atoms with van der Waals surface area (Å²) in [6.07, 6.45) is 4.16. The number of para-hydroxylation sites is 2. The number of nitrogens with zero attached hydrogens (tertiary/aromatic N) is 8. The number of benzene rings is 2. The van der Waals surface area contributed by atoms with Crippen LogP contribution >= 0.6 is 15.0 Å². The van der Waals surface area contributed by atoms with Crippen molar-refractivity contribution in [3.05, 3.63) is 86.0 Å². The first-order valence-electron chi connectivity index (χ1n) is 19.8. The van der Waals surface area contributed by atoms with Gasteiger partial charge in [-0.2, -0.15) is 0 Å². The van der Waals surface area contributed by atoms with Gasteiger partial charge in [-0.25, -0.2) is 40.1 Å². The lowest BCUT2D eigenvalue weighted by molar-refractivity contribution is -0.147. The monoisotopic (exact) mass is 908 g/mol. The topological polar surface area (TPSA) is 287 Å². The maximum atomic E-state index is 14.1. The summed E-state index contributed by atoms with van der Waals surface area (Å²) in [5, 5.41) is 5.53. The summed E-state index contributed by atoms with van der Waals surface area (Å²) < 4.78 is 66.2. The molecule has 22 nitrogen and oxygen atoms in total. The van der Waals surface area contributed by atoms with Gasteiger partial charge >= 0.3 is 27.0 Å². The average Bonchev–Trinajstić information content (AvgIpc) is 3.87. The smallest absolute Gasteiger partial charge is 0.342 e. The molecule has 336 valence electrons. The van der Waals surface area contributed by atoms with Gasteiger partial charge in [-0.05, 0) is 52.0 Å². The predicted octanol–water partition coefficient (Wildman–Crippen LogP) is 4.53. The third-order valence-electron chi connectivity index (χ3n) is 9.08. The first-order chi connectivity index (χ1) is 30.2. The van der Waals surface area contributed by atoms with Crippen molar-refractivity contribution in [1.29, 1.82) is 0 Å². The quantitative estimate of drug-likeness (QED) is 0.0368. The van der Waals surface area contributed by atoms with Crippen molar-refractivity contribution in [3.8, 4) is 11.5 Å². The third-order valence-corrected chi connectivity index (χ3v) is 12.6. The van der Waals surface area contributed by atoms with Gasteiger partial charge in [-0.1, -0.05) is 36.4 Å².